The quantitative estimate of drug-likeness (QED) is 0.875. The molecular formula is C15H17BrClNO3. The molecule has 1 aromatic carbocycles. The SMILES string of the molecule is CCC1(C(=O)O)CCCN(C(=O)c2ccc(Cl)c(Br)c2)C1. The fraction of sp³-hybridized carbons (Fsp3) is 0.467. The molecule has 114 valence electrons. The molecule has 1 atom stereocenters. The number of amides is 1. The van der Waals surface area contributed by atoms with Crippen LogP contribution >= 0.6 is 27.5 Å². The highest BCUT2D eigenvalue weighted by Gasteiger charge is 2.42. The van der Waals surface area contributed by atoms with Crippen LogP contribution in [0.4, 0.5) is 0 Å². The van der Waals surface area contributed by atoms with Gasteiger partial charge in [0.2, 0.25) is 0 Å². The van der Waals surface area contributed by atoms with Crippen LogP contribution in [0.25, 0.3) is 0 Å². The van der Waals surface area contributed by atoms with Gasteiger partial charge in [0.15, 0.2) is 0 Å². The van der Waals surface area contributed by atoms with Crippen LogP contribution in [0.1, 0.15) is 36.5 Å². The molecule has 0 saturated carbocycles. The second-order valence-corrected chi connectivity index (χ2v) is 6.66. The Balaban J connectivity index is 2.22. The molecule has 1 aliphatic heterocycles. The summed E-state index contributed by atoms with van der Waals surface area (Å²) in [6.07, 6.45) is 1.85. The fourth-order valence-corrected chi connectivity index (χ4v) is 3.23. The Bertz CT molecular complexity index is 578. The van der Waals surface area contributed by atoms with E-state index in [-0.39, 0.29) is 12.5 Å². The van der Waals surface area contributed by atoms with Gasteiger partial charge in [0.1, 0.15) is 0 Å². The van der Waals surface area contributed by atoms with Crippen molar-refractivity contribution in [2.24, 2.45) is 5.41 Å². The molecule has 0 spiro atoms. The molecule has 0 aliphatic carbocycles. The Morgan fingerprint density at radius 2 is 2.19 bits per heavy atom. The van der Waals surface area contributed by atoms with Crippen LogP contribution in [0.3, 0.4) is 0 Å². The predicted molar refractivity (Wildman–Crippen MR) is 84.6 cm³/mol. The molecule has 1 heterocycles. The number of carbonyl (C=O) groups is 2. The number of piperidine rings is 1. The van der Waals surface area contributed by atoms with Crippen molar-refractivity contribution < 1.29 is 14.7 Å². The highest BCUT2D eigenvalue weighted by atomic mass is 79.9. The summed E-state index contributed by atoms with van der Waals surface area (Å²) in [7, 11) is 0. The molecule has 0 radical (unpaired) electrons. The number of rotatable bonds is 3. The lowest BCUT2D eigenvalue weighted by molar-refractivity contribution is -0.152. The summed E-state index contributed by atoms with van der Waals surface area (Å²) in [6, 6.07) is 5.00. The number of halogens is 2. The number of hydrogen-bond acceptors (Lipinski definition) is 2. The largest absolute Gasteiger partial charge is 0.481 e. The average Bonchev–Trinajstić information content (AvgIpc) is 2.49. The third-order valence-corrected chi connectivity index (χ3v) is 5.38. The summed E-state index contributed by atoms with van der Waals surface area (Å²) >= 11 is 9.23. The van der Waals surface area contributed by atoms with Gasteiger partial charge in [-0.1, -0.05) is 18.5 Å². The number of aliphatic carboxylic acids is 1. The Morgan fingerprint density at radius 1 is 1.48 bits per heavy atom. The van der Waals surface area contributed by atoms with Crippen molar-refractivity contribution in [3.8, 4) is 0 Å². The Hall–Kier alpha value is -1.07. The van der Waals surface area contributed by atoms with Crippen LogP contribution in [0.15, 0.2) is 22.7 Å². The highest BCUT2D eigenvalue weighted by molar-refractivity contribution is 9.10. The molecule has 21 heavy (non-hydrogen) atoms. The summed E-state index contributed by atoms with van der Waals surface area (Å²) in [6.45, 7) is 2.72. The zero-order valence-corrected chi connectivity index (χ0v) is 14.1. The van der Waals surface area contributed by atoms with Crippen molar-refractivity contribution in [1.29, 1.82) is 0 Å². The van der Waals surface area contributed by atoms with Crippen LogP contribution in [0.2, 0.25) is 5.02 Å². The van der Waals surface area contributed by atoms with Gasteiger partial charge in [0.05, 0.1) is 10.4 Å². The van der Waals surface area contributed by atoms with Crippen molar-refractivity contribution >= 4 is 39.4 Å². The number of carboxylic acid groups (broad SMARTS) is 1. The van der Waals surface area contributed by atoms with Crippen LogP contribution < -0.4 is 0 Å². The van der Waals surface area contributed by atoms with Crippen molar-refractivity contribution in [3.63, 3.8) is 0 Å². The van der Waals surface area contributed by atoms with E-state index in [1.807, 2.05) is 6.92 Å². The number of carbonyl (C=O) groups excluding carboxylic acids is 1. The van der Waals surface area contributed by atoms with E-state index < -0.39 is 11.4 Å². The van der Waals surface area contributed by atoms with Gasteiger partial charge in [0, 0.05) is 23.1 Å². The van der Waals surface area contributed by atoms with E-state index in [0.717, 1.165) is 0 Å². The van der Waals surface area contributed by atoms with Gasteiger partial charge in [-0.25, -0.2) is 0 Å². The minimum absolute atomic E-state index is 0.147. The van der Waals surface area contributed by atoms with E-state index in [0.29, 0.717) is 40.9 Å². The minimum Gasteiger partial charge on any atom is -0.481 e. The third kappa shape index (κ3) is 3.24. The molecule has 1 aliphatic rings. The molecule has 0 bridgehead atoms. The van der Waals surface area contributed by atoms with E-state index in [9.17, 15) is 14.7 Å². The monoisotopic (exact) mass is 373 g/mol. The first-order valence-corrected chi connectivity index (χ1v) is 8.04. The van der Waals surface area contributed by atoms with Gasteiger partial charge < -0.3 is 10.0 Å². The maximum atomic E-state index is 12.6. The number of carboxylic acids is 1. The molecule has 1 fully saturated rings. The van der Waals surface area contributed by atoms with Gasteiger partial charge in [0.25, 0.3) is 5.91 Å². The van der Waals surface area contributed by atoms with E-state index in [1.165, 1.54) is 0 Å². The zero-order valence-electron chi connectivity index (χ0n) is 11.7. The Kier molecular flexibility index (Phi) is 4.94. The maximum absolute atomic E-state index is 12.6. The van der Waals surface area contributed by atoms with Gasteiger partial charge in [-0.05, 0) is 53.4 Å². The van der Waals surface area contributed by atoms with E-state index in [1.54, 1.807) is 23.1 Å². The number of benzene rings is 1. The molecule has 1 saturated heterocycles. The summed E-state index contributed by atoms with van der Waals surface area (Å²) in [4.78, 5) is 25.7. The second-order valence-electron chi connectivity index (χ2n) is 5.40. The standard InChI is InChI=1S/C15H17BrClNO3/c1-2-15(14(20)21)6-3-7-18(9-15)13(19)10-4-5-12(17)11(16)8-10/h4-5,8H,2-3,6-7,9H2,1H3,(H,20,21). The Morgan fingerprint density at radius 3 is 2.76 bits per heavy atom. The molecule has 1 unspecified atom stereocenters. The summed E-state index contributed by atoms with van der Waals surface area (Å²) in [5, 5.41) is 10.0. The lowest BCUT2D eigenvalue weighted by atomic mass is 9.77. The highest BCUT2D eigenvalue weighted by Crippen LogP contribution is 2.34. The summed E-state index contributed by atoms with van der Waals surface area (Å²) < 4.78 is 0.659. The summed E-state index contributed by atoms with van der Waals surface area (Å²) in [5.41, 5.74) is -0.305. The molecule has 1 N–H and O–H groups in total. The third-order valence-electron chi connectivity index (χ3n) is 4.16. The van der Waals surface area contributed by atoms with E-state index in [4.69, 9.17) is 11.6 Å². The van der Waals surface area contributed by atoms with Crippen LogP contribution in [-0.4, -0.2) is 35.0 Å². The lowest BCUT2D eigenvalue weighted by Crippen LogP contribution is -2.49. The lowest BCUT2D eigenvalue weighted by Gasteiger charge is -2.39. The fourth-order valence-electron chi connectivity index (χ4n) is 2.73. The zero-order chi connectivity index (χ0) is 15.6. The first-order valence-electron chi connectivity index (χ1n) is 6.87. The van der Waals surface area contributed by atoms with E-state index in [2.05, 4.69) is 15.9 Å². The molecular weight excluding hydrogens is 358 g/mol. The molecule has 1 amide bonds. The molecule has 2 rings (SSSR count). The number of hydrogen-bond donors (Lipinski definition) is 1. The van der Waals surface area contributed by atoms with Crippen molar-refractivity contribution in [2.75, 3.05) is 13.1 Å². The predicted octanol–water partition coefficient (Wildman–Crippen LogP) is 3.82. The molecule has 6 heteroatoms. The summed E-state index contributed by atoms with van der Waals surface area (Å²) in [5.74, 6) is -0.967. The normalized spacial score (nSPS) is 22.1. The number of likely N-dealkylation sites (tertiary alicyclic amines) is 1. The molecule has 0 aromatic heterocycles. The van der Waals surface area contributed by atoms with Crippen LogP contribution in [0, 0.1) is 5.41 Å². The minimum atomic E-state index is -0.822. The Labute approximate surface area is 137 Å². The second kappa shape index (κ2) is 6.36. The van der Waals surface area contributed by atoms with E-state index >= 15 is 0 Å². The average molecular weight is 375 g/mol. The first-order chi connectivity index (χ1) is 9.89. The van der Waals surface area contributed by atoms with Crippen LogP contribution in [-0.2, 0) is 4.79 Å². The van der Waals surface area contributed by atoms with Gasteiger partial charge in [-0.2, -0.15) is 0 Å². The van der Waals surface area contributed by atoms with Crippen molar-refractivity contribution in [1.82, 2.24) is 4.90 Å². The van der Waals surface area contributed by atoms with Crippen LogP contribution in [0.5, 0.6) is 0 Å². The molecule has 4 nitrogen and oxygen atoms in total. The van der Waals surface area contributed by atoms with Crippen molar-refractivity contribution in [3.05, 3.63) is 33.3 Å². The topological polar surface area (TPSA) is 57.6 Å². The smallest absolute Gasteiger partial charge is 0.311 e. The van der Waals surface area contributed by atoms with Gasteiger partial charge in [-0.15, -0.1) is 0 Å². The van der Waals surface area contributed by atoms with Crippen molar-refractivity contribution in [2.45, 2.75) is 26.2 Å². The van der Waals surface area contributed by atoms with Gasteiger partial charge in [-0.3, -0.25) is 9.59 Å². The number of nitrogens with zero attached hydrogens (tertiary/aromatic N) is 1. The molecule has 1 aromatic rings. The van der Waals surface area contributed by atoms with Gasteiger partial charge >= 0.3 is 5.97 Å². The maximum Gasteiger partial charge on any atom is 0.311 e. The first kappa shape index (κ1) is 16.3.